The summed E-state index contributed by atoms with van der Waals surface area (Å²) in [4.78, 5) is 51.4. The number of nitrogens with zero attached hydrogens (tertiary/aromatic N) is 1. The molecule has 0 spiro atoms. The molecule has 1 aromatic heterocycles. The number of amides is 4. The molecule has 0 fully saturated rings. The van der Waals surface area contributed by atoms with Crippen LogP contribution in [-0.4, -0.2) is 97.7 Å². The standard InChI is InChI=1S/C14H21N5O2S2.C10H20N4O2S/c1-3-17-8-10(13(15)20)19-14(21)11(16-2)9-22-23-12-6-4-5-7-18-12;1-4-13-5-7(9(11)15)14-10(16)8(12-2)6-17-3/h3-7,10-11,16-17H,1,8-9H2,2H3,(H2,15,20)(H,19,21);4,7-8,12-13H,1,5-6H2,2-3H3,(H2,11,15)(H,14,16)/t10-,11-;7-,8-/m00/s1/i/hT2. The van der Waals surface area contributed by atoms with Gasteiger partial charge in [-0.1, -0.05) is 30.0 Å². The maximum Gasteiger partial charge on any atom is 0.241 e. The summed E-state index contributed by atoms with van der Waals surface area (Å²) in [6.07, 6.45) is 6.45. The maximum atomic E-state index is 12.3. The molecule has 1 rings (SSSR count). The Balaban J connectivity index is 0.000000837. The van der Waals surface area contributed by atoms with Crippen LogP contribution in [0.5, 0.6) is 0 Å². The minimum Gasteiger partial charge on any atom is -0.389 e. The van der Waals surface area contributed by atoms with E-state index in [-0.39, 0.29) is 30.9 Å². The molecule has 1 heterocycles. The third kappa shape index (κ3) is 16.2. The second-order valence-electron chi connectivity index (χ2n) is 7.75. The molecule has 4 atom stereocenters. The van der Waals surface area contributed by atoms with Crippen LogP contribution in [0.2, 0.25) is 2.82 Å². The summed E-state index contributed by atoms with van der Waals surface area (Å²) >= 11 is 1.53. The Labute approximate surface area is 251 Å². The van der Waals surface area contributed by atoms with Gasteiger partial charge >= 0.3 is 0 Å². The van der Waals surface area contributed by atoms with Crippen LogP contribution < -0.4 is 43.4 Å². The molecule has 0 aromatic carbocycles. The number of pyridine rings is 1. The molecule has 0 aliphatic rings. The van der Waals surface area contributed by atoms with Gasteiger partial charge in [0.2, 0.25) is 23.6 Å². The highest BCUT2D eigenvalue weighted by atomic mass is 33.1. The second-order valence-corrected chi connectivity index (χ2v) is 11.0. The SMILES string of the molecule is [3H]NC(=O)[C@H](CNC=C)NC(=O)[C@H](CSC)NC.[3H]NC(=O)[C@H](CNC=C)NC(=O)[C@H](CSSc1ccccn1)NC. The second kappa shape index (κ2) is 22.9. The molecule has 0 aliphatic heterocycles. The molecule has 0 aliphatic carbocycles. The van der Waals surface area contributed by atoms with Gasteiger partial charge in [-0.3, -0.25) is 19.2 Å². The summed E-state index contributed by atoms with van der Waals surface area (Å²) in [6.45, 7) is 7.30. The van der Waals surface area contributed by atoms with Crippen molar-refractivity contribution in [3.63, 3.8) is 0 Å². The first-order valence-electron chi connectivity index (χ1n) is 13.0. The lowest BCUT2D eigenvalue weighted by Gasteiger charge is -2.20. The fraction of sp³-hybridized carbons (Fsp3) is 0.458. The number of carbonyl (C=O) groups excluding carboxylic acids is 4. The predicted molar refractivity (Wildman–Crippen MR) is 165 cm³/mol. The summed E-state index contributed by atoms with van der Waals surface area (Å²) in [5, 5.41) is 17.3. The van der Waals surface area contributed by atoms with E-state index < -0.39 is 29.9 Å². The van der Waals surface area contributed by atoms with E-state index in [1.54, 1.807) is 31.7 Å². The molecule has 10 N–H and O–H groups in total. The molecular formula is C24H41N9O4S3. The van der Waals surface area contributed by atoms with Gasteiger partial charge in [0, 0.05) is 30.8 Å². The number of hydrogen-bond acceptors (Lipinski definition) is 12. The summed E-state index contributed by atoms with van der Waals surface area (Å²) in [6, 6.07) is 3.13. The maximum absolute atomic E-state index is 12.3. The lowest BCUT2D eigenvalue weighted by Crippen LogP contribution is -2.54. The number of hydrogen-bond donors (Lipinski definition) is 8. The van der Waals surface area contributed by atoms with Crippen LogP contribution >= 0.6 is 33.3 Å². The monoisotopic (exact) mass is 619 g/mol. The van der Waals surface area contributed by atoms with E-state index in [1.165, 1.54) is 45.7 Å². The molecule has 0 unspecified atom stereocenters. The average Bonchev–Trinajstić information content (AvgIpc) is 3.01. The Morgan fingerprint density at radius 1 is 0.925 bits per heavy atom. The van der Waals surface area contributed by atoms with Gasteiger partial charge in [-0.25, -0.2) is 4.98 Å². The van der Waals surface area contributed by atoms with Crippen LogP contribution in [0.25, 0.3) is 0 Å². The van der Waals surface area contributed by atoms with Gasteiger partial charge in [0.05, 0.1) is 12.1 Å². The van der Waals surface area contributed by atoms with Crippen molar-refractivity contribution in [2.75, 3.05) is 44.9 Å². The van der Waals surface area contributed by atoms with E-state index in [2.05, 4.69) is 50.0 Å². The molecule has 0 bridgehead atoms. The van der Waals surface area contributed by atoms with E-state index >= 15 is 0 Å². The van der Waals surface area contributed by atoms with Crippen molar-refractivity contribution in [1.82, 2.24) is 36.9 Å². The van der Waals surface area contributed by atoms with Gasteiger partial charge in [0.1, 0.15) is 17.1 Å². The summed E-state index contributed by atoms with van der Waals surface area (Å²) in [5.74, 6) is -0.655. The minimum atomic E-state index is -0.850. The third-order valence-corrected chi connectivity index (χ3v) is 7.82. The van der Waals surface area contributed by atoms with Crippen LogP contribution in [-0.2, 0) is 19.2 Å². The Kier molecular flexibility index (Phi) is 19.0. The number of rotatable bonds is 20. The minimum absolute atomic E-state index is 0.159. The van der Waals surface area contributed by atoms with Crippen LogP contribution in [0.4, 0.5) is 0 Å². The Bertz CT molecular complexity index is 970. The fourth-order valence-corrected chi connectivity index (χ4v) is 5.47. The van der Waals surface area contributed by atoms with Gasteiger partial charge in [-0.15, -0.1) is 0 Å². The van der Waals surface area contributed by atoms with Gasteiger partial charge in [0.15, 0.2) is 2.82 Å². The molecule has 13 nitrogen and oxygen atoms in total. The number of likely N-dealkylation sites (N-methyl/N-ethyl adjacent to an activating group) is 2. The Hall–Kier alpha value is -2.92. The van der Waals surface area contributed by atoms with Crippen LogP contribution in [0.15, 0.2) is 55.0 Å². The highest BCUT2D eigenvalue weighted by Gasteiger charge is 2.24. The van der Waals surface area contributed by atoms with Crippen molar-refractivity contribution in [2.24, 2.45) is 11.5 Å². The molecule has 4 amide bonds. The number of carbonyl (C=O) groups is 4. The van der Waals surface area contributed by atoms with Gasteiger partial charge in [-0.05, 0) is 55.7 Å². The molecule has 0 saturated heterocycles. The highest BCUT2D eigenvalue weighted by Crippen LogP contribution is 2.29. The third-order valence-electron chi connectivity index (χ3n) is 4.88. The topological polar surface area (TPSA) is 205 Å². The van der Waals surface area contributed by atoms with Crippen molar-refractivity contribution in [3.8, 4) is 0 Å². The molecule has 0 saturated carbocycles. The van der Waals surface area contributed by atoms with Crippen LogP contribution in [0, 0.1) is 0 Å². The number of primary amides is 2. The van der Waals surface area contributed by atoms with E-state index in [4.69, 9.17) is 2.82 Å². The zero-order valence-corrected chi connectivity index (χ0v) is 25.3. The van der Waals surface area contributed by atoms with E-state index in [0.29, 0.717) is 11.5 Å². The summed E-state index contributed by atoms with van der Waals surface area (Å²) < 4.78 is 13.8. The van der Waals surface area contributed by atoms with E-state index in [1.807, 2.05) is 24.5 Å². The van der Waals surface area contributed by atoms with Crippen molar-refractivity contribution >= 4 is 57.0 Å². The van der Waals surface area contributed by atoms with Crippen molar-refractivity contribution in [2.45, 2.75) is 29.2 Å². The van der Waals surface area contributed by atoms with Crippen molar-refractivity contribution < 1.29 is 22.0 Å². The van der Waals surface area contributed by atoms with Crippen LogP contribution in [0.1, 0.15) is 0 Å². The predicted octanol–water partition coefficient (Wildman–Crippen LogP) is -1.25. The van der Waals surface area contributed by atoms with Crippen molar-refractivity contribution in [1.29, 1.82) is 0 Å². The van der Waals surface area contributed by atoms with E-state index in [9.17, 15) is 19.2 Å². The summed E-state index contributed by atoms with van der Waals surface area (Å²) in [7, 11) is 6.32. The lowest BCUT2D eigenvalue weighted by atomic mass is 10.2. The average molecular weight is 620 g/mol. The summed E-state index contributed by atoms with van der Waals surface area (Å²) in [5.41, 5.74) is 3.55. The first kappa shape index (κ1) is 33.3. The first-order chi connectivity index (χ1) is 20.2. The largest absolute Gasteiger partial charge is 0.389 e. The van der Waals surface area contributed by atoms with Gasteiger partial charge in [-0.2, -0.15) is 11.8 Å². The number of nitrogens with two attached hydrogens (primary N) is 2. The quantitative estimate of drug-likeness (QED) is 0.0807. The number of nitrogens with one attached hydrogen (secondary N) is 6. The normalized spacial score (nSPS) is 13.7. The van der Waals surface area contributed by atoms with Gasteiger partial charge < -0.3 is 43.4 Å². The number of thioether (sulfide) groups is 1. The highest BCUT2D eigenvalue weighted by molar-refractivity contribution is 8.76. The molecule has 224 valence electrons. The zero-order valence-electron chi connectivity index (χ0n) is 24.8. The molecular weight excluding hydrogens is 575 g/mol. The molecule has 0 radical (unpaired) electrons. The Morgan fingerprint density at radius 3 is 1.85 bits per heavy atom. The number of aromatic nitrogens is 1. The van der Waals surface area contributed by atoms with Crippen LogP contribution in [0.3, 0.4) is 0 Å². The molecule has 16 heteroatoms. The lowest BCUT2D eigenvalue weighted by molar-refractivity contribution is -0.128. The van der Waals surface area contributed by atoms with Gasteiger partial charge in [0.25, 0.3) is 0 Å². The first-order valence-corrected chi connectivity index (χ1v) is 15.7. The van der Waals surface area contributed by atoms with Crippen molar-refractivity contribution in [3.05, 3.63) is 50.0 Å². The van der Waals surface area contributed by atoms with E-state index in [0.717, 1.165) is 5.03 Å². The zero-order chi connectivity index (χ0) is 31.8. The Morgan fingerprint density at radius 2 is 1.45 bits per heavy atom. The molecule has 1 aromatic rings. The molecule has 40 heavy (non-hydrogen) atoms. The smallest absolute Gasteiger partial charge is 0.241 e. The fourth-order valence-electron chi connectivity index (χ4n) is 2.67.